The van der Waals surface area contributed by atoms with Gasteiger partial charge in [-0.15, -0.1) is 0 Å². The Balaban J connectivity index is 2.67. The van der Waals surface area contributed by atoms with E-state index in [4.69, 9.17) is 9.47 Å². The number of carbonyl (C=O) groups excluding carboxylic acids is 2. The summed E-state index contributed by atoms with van der Waals surface area (Å²) in [6.45, 7) is 2.29. The molecular formula is C13H17NO4. The molecule has 1 aromatic carbocycles. The fraction of sp³-hybridized carbons (Fsp3) is 0.385. The third-order valence-electron chi connectivity index (χ3n) is 2.09. The Bertz CT molecular complexity index is 417. The van der Waals surface area contributed by atoms with Gasteiger partial charge in [0.1, 0.15) is 6.61 Å². The Hall–Kier alpha value is -1.88. The van der Waals surface area contributed by atoms with Crippen molar-refractivity contribution in [1.82, 2.24) is 0 Å². The second kappa shape index (κ2) is 7.45. The van der Waals surface area contributed by atoms with Gasteiger partial charge in [0.25, 0.3) is 0 Å². The van der Waals surface area contributed by atoms with E-state index in [9.17, 15) is 9.59 Å². The van der Waals surface area contributed by atoms with Crippen LogP contribution in [0.15, 0.2) is 24.3 Å². The molecule has 98 valence electrons. The maximum atomic E-state index is 11.6. The molecule has 1 rings (SSSR count). The lowest BCUT2D eigenvalue weighted by molar-refractivity contribution is -0.119. The maximum Gasteiger partial charge on any atom is 0.338 e. The molecule has 0 aromatic heterocycles. The number of nitrogens with one attached hydrogen (secondary N) is 1. The zero-order valence-electron chi connectivity index (χ0n) is 10.6. The fourth-order valence-corrected chi connectivity index (χ4v) is 1.33. The average molecular weight is 251 g/mol. The number of anilines is 1. The summed E-state index contributed by atoms with van der Waals surface area (Å²) in [5.74, 6) is -0.656. The Morgan fingerprint density at radius 3 is 2.78 bits per heavy atom. The molecule has 0 radical (unpaired) electrons. The second-order valence-corrected chi connectivity index (χ2v) is 3.70. The van der Waals surface area contributed by atoms with E-state index in [0.29, 0.717) is 17.9 Å². The van der Waals surface area contributed by atoms with Gasteiger partial charge < -0.3 is 14.8 Å². The minimum Gasteiger partial charge on any atom is -0.462 e. The van der Waals surface area contributed by atoms with Crippen molar-refractivity contribution in [2.24, 2.45) is 0 Å². The van der Waals surface area contributed by atoms with Crippen LogP contribution in [0.1, 0.15) is 23.7 Å². The Labute approximate surface area is 106 Å². The minimum atomic E-state index is -0.389. The fourth-order valence-electron chi connectivity index (χ4n) is 1.33. The van der Waals surface area contributed by atoms with Gasteiger partial charge >= 0.3 is 5.97 Å². The molecule has 0 unspecified atom stereocenters. The summed E-state index contributed by atoms with van der Waals surface area (Å²) >= 11 is 0. The summed E-state index contributed by atoms with van der Waals surface area (Å²) in [5, 5.41) is 2.62. The van der Waals surface area contributed by atoms with Crippen LogP contribution in [0.5, 0.6) is 0 Å². The van der Waals surface area contributed by atoms with Gasteiger partial charge in [-0.1, -0.05) is 13.0 Å². The van der Waals surface area contributed by atoms with Crippen LogP contribution < -0.4 is 5.32 Å². The third-order valence-corrected chi connectivity index (χ3v) is 2.09. The second-order valence-electron chi connectivity index (χ2n) is 3.70. The first-order chi connectivity index (χ1) is 8.67. The lowest BCUT2D eigenvalue weighted by Gasteiger charge is -2.07. The predicted octanol–water partition coefficient (Wildman–Crippen LogP) is 1.84. The molecule has 5 nitrogen and oxygen atoms in total. The van der Waals surface area contributed by atoms with Crippen LogP contribution in [0.2, 0.25) is 0 Å². The molecule has 0 saturated heterocycles. The lowest BCUT2D eigenvalue weighted by atomic mass is 10.2. The molecular weight excluding hydrogens is 234 g/mol. The van der Waals surface area contributed by atoms with E-state index in [0.717, 1.165) is 6.42 Å². The van der Waals surface area contributed by atoms with Crippen LogP contribution in [0.3, 0.4) is 0 Å². The zero-order valence-corrected chi connectivity index (χ0v) is 10.6. The highest BCUT2D eigenvalue weighted by molar-refractivity contribution is 5.95. The molecule has 1 amide bonds. The van der Waals surface area contributed by atoms with Crippen LogP contribution in [0, 0.1) is 0 Å². The van der Waals surface area contributed by atoms with Gasteiger partial charge in [-0.3, -0.25) is 4.79 Å². The number of esters is 1. The first kappa shape index (κ1) is 14.2. The Morgan fingerprint density at radius 1 is 1.33 bits per heavy atom. The average Bonchev–Trinajstić information content (AvgIpc) is 2.36. The lowest BCUT2D eigenvalue weighted by Crippen LogP contribution is -2.17. The zero-order chi connectivity index (χ0) is 13.4. The molecule has 0 bridgehead atoms. The van der Waals surface area contributed by atoms with E-state index in [2.05, 4.69) is 5.32 Å². The molecule has 18 heavy (non-hydrogen) atoms. The van der Waals surface area contributed by atoms with Crippen LogP contribution in [0.25, 0.3) is 0 Å². The number of methoxy groups -OCH3 is 1. The van der Waals surface area contributed by atoms with Crippen molar-refractivity contribution in [3.05, 3.63) is 29.8 Å². The third kappa shape index (κ3) is 4.55. The van der Waals surface area contributed by atoms with Crippen LogP contribution in [-0.4, -0.2) is 32.2 Å². The molecule has 0 heterocycles. The van der Waals surface area contributed by atoms with Crippen molar-refractivity contribution < 1.29 is 19.1 Å². The van der Waals surface area contributed by atoms with Gasteiger partial charge in [-0.25, -0.2) is 4.79 Å². The van der Waals surface area contributed by atoms with Crippen LogP contribution >= 0.6 is 0 Å². The molecule has 5 heteroatoms. The summed E-state index contributed by atoms with van der Waals surface area (Å²) in [5.41, 5.74) is 0.960. The van der Waals surface area contributed by atoms with Crippen LogP contribution in [0.4, 0.5) is 5.69 Å². The molecule has 1 aromatic rings. The molecule has 1 N–H and O–H groups in total. The van der Waals surface area contributed by atoms with Gasteiger partial charge in [-0.05, 0) is 24.6 Å². The minimum absolute atomic E-state index is 0.0233. The SMILES string of the molecule is CCCOC(=O)c1cccc(NC(=O)COC)c1. The number of benzene rings is 1. The molecule has 0 aliphatic rings. The largest absolute Gasteiger partial charge is 0.462 e. The van der Waals surface area contributed by atoms with Crippen molar-refractivity contribution in [1.29, 1.82) is 0 Å². The van der Waals surface area contributed by atoms with E-state index in [-0.39, 0.29) is 18.5 Å². The van der Waals surface area contributed by atoms with Gasteiger partial charge in [-0.2, -0.15) is 0 Å². The van der Waals surface area contributed by atoms with Crippen molar-refractivity contribution in [3.63, 3.8) is 0 Å². The monoisotopic (exact) mass is 251 g/mol. The summed E-state index contributed by atoms with van der Waals surface area (Å²) in [6.07, 6.45) is 0.774. The number of hydrogen-bond acceptors (Lipinski definition) is 4. The van der Waals surface area contributed by atoms with Crippen molar-refractivity contribution in [2.75, 3.05) is 25.6 Å². The summed E-state index contributed by atoms with van der Waals surface area (Å²) in [4.78, 5) is 22.9. The van der Waals surface area contributed by atoms with E-state index in [1.165, 1.54) is 7.11 Å². The van der Waals surface area contributed by atoms with Crippen molar-refractivity contribution in [3.8, 4) is 0 Å². The predicted molar refractivity (Wildman–Crippen MR) is 67.5 cm³/mol. The molecule has 0 aliphatic heterocycles. The highest BCUT2D eigenvalue weighted by atomic mass is 16.5. The van der Waals surface area contributed by atoms with Gasteiger partial charge in [0.2, 0.25) is 5.91 Å². The maximum absolute atomic E-state index is 11.6. The number of amides is 1. The topological polar surface area (TPSA) is 64.6 Å². The quantitative estimate of drug-likeness (QED) is 0.783. The standard InChI is InChI=1S/C13H17NO4/c1-3-7-18-13(16)10-5-4-6-11(8-10)14-12(15)9-17-2/h4-6,8H,3,7,9H2,1-2H3,(H,14,15). The normalized spacial score (nSPS) is 9.89. The molecule has 0 atom stereocenters. The molecule has 0 aliphatic carbocycles. The first-order valence-electron chi connectivity index (χ1n) is 5.73. The van der Waals surface area contributed by atoms with Crippen molar-refractivity contribution >= 4 is 17.6 Å². The van der Waals surface area contributed by atoms with E-state index < -0.39 is 0 Å². The smallest absolute Gasteiger partial charge is 0.338 e. The summed E-state index contributed by atoms with van der Waals surface area (Å²) in [7, 11) is 1.44. The Kier molecular flexibility index (Phi) is 5.87. The van der Waals surface area contributed by atoms with E-state index in [1.807, 2.05) is 6.92 Å². The van der Waals surface area contributed by atoms with Gasteiger partial charge in [0.15, 0.2) is 0 Å². The number of hydrogen-bond donors (Lipinski definition) is 1. The number of ether oxygens (including phenoxy) is 2. The highest BCUT2D eigenvalue weighted by Gasteiger charge is 2.08. The summed E-state index contributed by atoms with van der Waals surface area (Å²) in [6, 6.07) is 6.60. The number of rotatable bonds is 6. The van der Waals surface area contributed by atoms with E-state index in [1.54, 1.807) is 24.3 Å². The van der Waals surface area contributed by atoms with Crippen molar-refractivity contribution in [2.45, 2.75) is 13.3 Å². The van der Waals surface area contributed by atoms with Gasteiger partial charge in [0, 0.05) is 12.8 Å². The van der Waals surface area contributed by atoms with E-state index >= 15 is 0 Å². The summed E-state index contributed by atoms with van der Waals surface area (Å²) < 4.78 is 9.71. The number of carbonyl (C=O) groups is 2. The first-order valence-corrected chi connectivity index (χ1v) is 5.73. The van der Waals surface area contributed by atoms with Crippen LogP contribution in [-0.2, 0) is 14.3 Å². The highest BCUT2D eigenvalue weighted by Crippen LogP contribution is 2.11. The molecule has 0 fully saturated rings. The molecule has 0 spiro atoms. The van der Waals surface area contributed by atoms with Gasteiger partial charge in [0.05, 0.1) is 12.2 Å². The Morgan fingerprint density at radius 2 is 2.11 bits per heavy atom. The molecule has 0 saturated carbocycles.